The second-order valence-corrected chi connectivity index (χ2v) is 9.83. The van der Waals surface area contributed by atoms with Crippen LogP contribution < -0.4 is 20.9 Å². The van der Waals surface area contributed by atoms with Gasteiger partial charge in [-0.1, -0.05) is 19.9 Å². The van der Waals surface area contributed by atoms with Crippen LogP contribution in [0.25, 0.3) is 11.1 Å². The average Bonchev–Trinajstić information content (AvgIpc) is 3.35. The summed E-state index contributed by atoms with van der Waals surface area (Å²) in [5.41, 5.74) is 2.70. The molecular weight excluding hydrogens is 442 g/mol. The number of hydrogen-bond acceptors (Lipinski definition) is 7. The van der Waals surface area contributed by atoms with Crippen molar-refractivity contribution in [3.05, 3.63) is 35.9 Å². The molecule has 1 aliphatic carbocycles. The van der Waals surface area contributed by atoms with Crippen LogP contribution in [0, 0.1) is 17.3 Å². The Morgan fingerprint density at radius 3 is 2.85 bits per heavy atom. The van der Waals surface area contributed by atoms with Gasteiger partial charge in [0, 0.05) is 36.5 Å². The molecule has 0 saturated carbocycles. The fraction of sp³-hybridized carbons (Fsp3) is 0.542. The van der Waals surface area contributed by atoms with Crippen LogP contribution in [0.15, 0.2) is 40.3 Å². The van der Waals surface area contributed by atoms with E-state index in [1.54, 1.807) is 6.26 Å². The van der Waals surface area contributed by atoms with E-state index >= 15 is 0 Å². The lowest BCUT2D eigenvalue weighted by atomic mass is 9.76. The molecular formula is C24H30F2N6O2. The Morgan fingerprint density at radius 1 is 1.29 bits per heavy atom. The van der Waals surface area contributed by atoms with Crippen LogP contribution in [0.2, 0.25) is 0 Å². The molecule has 0 radical (unpaired) electrons. The molecule has 5 rings (SSSR count). The summed E-state index contributed by atoms with van der Waals surface area (Å²) in [6.45, 7) is 5.82. The Balaban J connectivity index is 1.29. The minimum atomic E-state index is -2.32. The van der Waals surface area contributed by atoms with Crippen LogP contribution in [0.1, 0.15) is 33.1 Å². The topological polar surface area (TPSA) is 95.3 Å². The van der Waals surface area contributed by atoms with E-state index in [1.807, 2.05) is 26.0 Å². The highest BCUT2D eigenvalue weighted by Gasteiger charge is 2.45. The standard InChI is InChI=1S/C24H30F2N6O2/c1-24(2)16-4-3-15(11-18(16)29-22(24)33)28-23-30-17-7-10-34-20(17)21(31-23)32-8-5-14(6-9-32)12-27-13-19(25)26/h3,7,10-11,14,16,19,27H,4-6,8-9,12-13H2,1-2H3,(H,29,33)(H,28,30,31). The second kappa shape index (κ2) is 8.98. The minimum Gasteiger partial charge on any atom is -0.459 e. The van der Waals surface area contributed by atoms with Crippen LogP contribution in [0.3, 0.4) is 0 Å². The number of alkyl halides is 2. The first kappa shape index (κ1) is 22.8. The highest BCUT2D eigenvalue weighted by atomic mass is 19.3. The van der Waals surface area contributed by atoms with Crippen molar-refractivity contribution >= 4 is 28.8 Å². The molecule has 10 heteroatoms. The molecule has 34 heavy (non-hydrogen) atoms. The van der Waals surface area contributed by atoms with Gasteiger partial charge in [0.15, 0.2) is 11.4 Å². The number of furan rings is 1. The lowest BCUT2D eigenvalue weighted by Gasteiger charge is -2.33. The normalized spacial score (nSPS) is 22.6. The fourth-order valence-corrected chi connectivity index (χ4v) is 5.04. The quantitative estimate of drug-likeness (QED) is 0.566. The third-order valence-corrected chi connectivity index (χ3v) is 7.16. The Kier molecular flexibility index (Phi) is 6.01. The van der Waals surface area contributed by atoms with Gasteiger partial charge >= 0.3 is 0 Å². The molecule has 182 valence electrons. The molecule has 1 atom stereocenters. The first-order chi connectivity index (χ1) is 16.3. The zero-order chi connectivity index (χ0) is 23.9. The number of aromatic nitrogens is 2. The molecule has 2 aromatic heterocycles. The average molecular weight is 473 g/mol. The van der Waals surface area contributed by atoms with E-state index in [9.17, 15) is 13.6 Å². The summed E-state index contributed by atoms with van der Waals surface area (Å²) in [5.74, 6) is 1.75. The molecule has 1 amide bonds. The van der Waals surface area contributed by atoms with Crippen molar-refractivity contribution in [2.75, 3.05) is 36.4 Å². The first-order valence-electron chi connectivity index (χ1n) is 11.8. The van der Waals surface area contributed by atoms with Crippen LogP contribution >= 0.6 is 0 Å². The molecule has 4 heterocycles. The molecule has 2 fully saturated rings. The molecule has 1 unspecified atom stereocenters. The summed E-state index contributed by atoms with van der Waals surface area (Å²) < 4.78 is 30.5. The maximum Gasteiger partial charge on any atom is 0.250 e. The van der Waals surface area contributed by atoms with Crippen LogP contribution in [-0.2, 0) is 4.79 Å². The largest absolute Gasteiger partial charge is 0.459 e. The number of amides is 1. The number of nitrogens with one attached hydrogen (secondary N) is 3. The van der Waals surface area contributed by atoms with Crippen molar-refractivity contribution in [3.8, 4) is 0 Å². The van der Waals surface area contributed by atoms with Crippen molar-refractivity contribution in [1.29, 1.82) is 0 Å². The van der Waals surface area contributed by atoms with Gasteiger partial charge in [0.05, 0.1) is 18.2 Å². The van der Waals surface area contributed by atoms with Crippen LogP contribution in [0.5, 0.6) is 0 Å². The second-order valence-electron chi connectivity index (χ2n) is 9.83. The maximum absolute atomic E-state index is 12.4. The lowest BCUT2D eigenvalue weighted by Crippen LogP contribution is -2.38. The highest BCUT2D eigenvalue weighted by molar-refractivity contribution is 5.88. The van der Waals surface area contributed by atoms with Crippen LogP contribution in [-0.4, -0.2) is 48.5 Å². The first-order valence-corrected chi connectivity index (χ1v) is 11.8. The van der Waals surface area contributed by atoms with E-state index in [1.165, 1.54) is 0 Å². The van der Waals surface area contributed by atoms with E-state index in [4.69, 9.17) is 9.40 Å². The van der Waals surface area contributed by atoms with E-state index in [0.29, 0.717) is 29.5 Å². The summed E-state index contributed by atoms with van der Waals surface area (Å²) in [6.07, 6.45) is 5.86. The van der Waals surface area contributed by atoms with Crippen molar-refractivity contribution in [2.45, 2.75) is 39.5 Å². The monoisotopic (exact) mass is 472 g/mol. The number of fused-ring (bicyclic) bond motifs is 2. The number of carbonyl (C=O) groups excluding carboxylic acids is 1. The molecule has 2 aromatic rings. The number of piperidine rings is 1. The molecule has 2 aliphatic heterocycles. The number of anilines is 2. The number of nitrogens with zero attached hydrogens (tertiary/aromatic N) is 3. The minimum absolute atomic E-state index is 0.0459. The van der Waals surface area contributed by atoms with Gasteiger partial charge in [0.25, 0.3) is 6.43 Å². The predicted octanol–water partition coefficient (Wildman–Crippen LogP) is 3.65. The summed E-state index contributed by atoms with van der Waals surface area (Å²) in [6, 6.07) is 1.82. The zero-order valence-corrected chi connectivity index (χ0v) is 19.4. The number of halogens is 2. The highest BCUT2D eigenvalue weighted by Crippen LogP contribution is 2.42. The maximum atomic E-state index is 12.4. The summed E-state index contributed by atoms with van der Waals surface area (Å²) in [5, 5.41) is 9.16. The predicted molar refractivity (Wildman–Crippen MR) is 125 cm³/mol. The molecule has 3 aliphatic rings. The number of allylic oxidation sites excluding steroid dienone is 3. The van der Waals surface area contributed by atoms with Gasteiger partial charge in [-0.3, -0.25) is 4.79 Å². The number of carbonyl (C=O) groups is 1. The Hall–Kier alpha value is -3.01. The number of rotatable bonds is 7. The van der Waals surface area contributed by atoms with Crippen molar-refractivity contribution < 1.29 is 18.0 Å². The third kappa shape index (κ3) is 4.38. The summed E-state index contributed by atoms with van der Waals surface area (Å²) in [7, 11) is 0. The summed E-state index contributed by atoms with van der Waals surface area (Å²) >= 11 is 0. The molecule has 0 spiro atoms. The van der Waals surface area contributed by atoms with E-state index in [2.05, 4.69) is 31.9 Å². The zero-order valence-electron chi connectivity index (χ0n) is 19.4. The number of hydrogen-bond donors (Lipinski definition) is 3. The molecule has 0 bridgehead atoms. The van der Waals surface area contributed by atoms with E-state index in [0.717, 1.165) is 49.6 Å². The molecule has 8 nitrogen and oxygen atoms in total. The van der Waals surface area contributed by atoms with E-state index in [-0.39, 0.29) is 18.4 Å². The van der Waals surface area contributed by atoms with Crippen LogP contribution in [0.4, 0.5) is 20.5 Å². The Labute approximate surface area is 196 Å². The van der Waals surface area contributed by atoms with Gasteiger partial charge < -0.3 is 25.3 Å². The Bertz CT molecular complexity index is 1130. The fourth-order valence-electron chi connectivity index (χ4n) is 5.04. The van der Waals surface area contributed by atoms with Crippen molar-refractivity contribution in [3.63, 3.8) is 0 Å². The van der Waals surface area contributed by atoms with Gasteiger partial charge in [-0.25, -0.2) is 13.8 Å². The summed E-state index contributed by atoms with van der Waals surface area (Å²) in [4.78, 5) is 23.8. The smallest absolute Gasteiger partial charge is 0.250 e. The third-order valence-electron chi connectivity index (χ3n) is 7.16. The Morgan fingerprint density at radius 2 is 2.09 bits per heavy atom. The SMILES string of the molecule is CC1(C)C(=O)NC2=CC(Nc3nc(N4CCC(CNCC(F)F)CC4)c4occc4n3)=CCC21. The molecule has 2 saturated heterocycles. The van der Waals surface area contributed by atoms with Gasteiger partial charge in [-0.15, -0.1) is 0 Å². The van der Waals surface area contributed by atoms with Crippen molar-refractivity contribution in [2.24, 2.45) is 17.3 Å². The van der Waals surface area contributed by atoms with E-state index < -0.39 is 11.8 Å². The van der Waals surface area contributed by atoms with Crippen molar-refractivity contribution in [1.82, 2.24) is 20.6 Å². The lowest BCUT2D eigenvalue weighted by molar-refractivity contribution is -0.127. The molecule has 3 N–H and O–H groups in total. The van der Waals surface area contributed by atoms with Gasteiger partial charge in [-0.2, -0.15) is 4.98 Å². The van der Waals surface area contributed by atoms with Gasteiger partial charge in [0.2, 0.25) is 11.9 Å². The molecule has 0 aromatic carbocycles. The van der Waals surface area contributed by atoms with Gasteiger partial charge in [0.1, 0.15) is 5.52 Å². The van der Waals surface area contributed by atoms with Gasteiger partial charge in [-0.05, 0) is 37.8 Å².